The third-order valence-electron chi connectivity index (χ3n) is 2.87. The third kappa shape index (κ3) is 3.46. The van der Waals surface area contributed by atoms with Crippen LogP contribution in [-0.4, -0.2) is 14.7 Å². The fraction of sp³-hybridized carbons (Fsp3) is 0.154. The fourth-order valence-electron chi connectivity index (χ4n) is 1.78. The number of carbonyl (C=O) groups excluding carboxylic acids is 1. The molecule has 4 nitrogen and oxygen atoms in total. The summed E-state index contributed by atoms with van der Waals surface area (Å²) in [6.07, 6.45) is 0.543. The highest BCUT2D eigenvalue weighted by Crippen LogP contribution is 2.35. The molecule has 0 aliphatic rings. The Morgan fingerprint density at radius 3 is 2.33 bits per heavy atom. The second-order valence-corrected chi connectivity index (χ2v) is 8.42. The normalized spacial score (nSPS) is 14.6. The van der Waals surface area contributed by atoms with E-state index in [-0.39, 0.29) is 13.6 Å². The lowest BCUT2D eigenvalue weighted by Crippen LogP contribution is -2.44. The first-order valence-corrected chi connectivity index (χ1v) is 8.85. The number of thiophene rings is 1. The largest absolute Gasteiger partial charge is 0.301 e. The molecular weight excluding hydrogens is 353 g/mol. The lowest BCUT2D eigenvalue weighted by molar-refractivity contribution is -0.112. The number of hydrogen-bond donors (Lipinski definition) is 1. The summed E-state index contributed by atoms with van der Waals surface area (Å²) in [6, 6.07) is 9.81. The zero-order valence-electron chi connectivity index (χ0n) is 10.8. The Balaban J connectivity index is 2.43. The van der Waals surface area contributed by atoms with E-state index in [0.717, 1.165) is 11.3 Å². The maximum Gasteiger partial charge on any atom is 0.244 e. The van der Waals surface area contributed by atoms with Crippen molar-refractivity contribution in [1.29, 1.82) is 0 Å². The van der Waals surface area contributed by atoms with E-state index in [1.165, 1.54) is 13.0 Å². The summed E-state index contributed by atoms with van der Waals surface area (Å²) in [4.78, 5) is 11.3. The van der Waals surface area contributed by atoms with Crippen LogP contribution in [0.25, 0.3) is 0 Å². The van der Waals surface area contributed by atoms with E-state index in [9.17, 15) is 13.2 Å². The van der Waals surface area contributed by atoms with Crippen molar-refractivity contribution in [1.82, 2.24) is 4.72 Å². The minimum absolute atomic E-state index is 0.0498. The van der Waals surface area contributed by atoms with Gasteiger partial charge in [-0.15, -0.1) is 11.3 Å². The number of aldehydes is 1. The Morgan fingerprint density at radius 1 is 1.24 bits per heavy atom. The van der Waals surface area contributed by atoms with Crippen LogP contribution in [0.3, 0.4) is 0 Å². The van der Waals surface area contributed by atoms with E-state index in [0.29, 0.717) is 11.8 Å². The first-order chi connectivity index (χ1) is 9.78. The monoisotopic (exact) mass is 363 g/mol. The van der Waals surface area contributed by atoms with Gasteiger partial charge in [0.2, 0.25) is 10.0 Å². The van der Waals surface area contributed by atoms with E-state index in [1.807, 2.05) is 0 Å². The number of carbonyl (C=O) groups is 1. The van der Waals surface area contributed by atoms with Crippen LogP contribution in [0.5, 0.6) is 0 Å². The highest BCUT2D eigenvalue weighted by Gasteiger charge is 2.33. The van der Waals surface area contributed by atoms with E-state index < -0.39 is 15.6 Å². The van der Waals surface area contributed by atoms with Crippen molar-refractivity contribution in [3.8, 4) is 0 Å². The van der Waals surface area contributed by atoms with Gasteiger partial charge in [0.15, 0.2) is 0 Å². The average Bonchev–Trinajstić information content (AvgIpc) is 2.79. The third-order valence-corrected chi connectivity index (χ3v) is 6.19. The molecule has 0 bridgehead atoms. The van der Waals surface area contributed by atoms with Gasteiger partial charge in [-0.3, -0.25) is 0 Å². The molecule has 112 valence electrons. The van der Waals surface area contributed by atoms with Gasteiger partial charge in [0.05, 0.1) is 4.34 Å². The molecule has 1 aromatic heterocycles. The zero-order chi connectivity index (χ0) is 15.7. The summed E-state index contributed by atoms with van der Waals surface area (Å²) >= 11 is 12.6. The molecule has 0 spiro atoms. The second kappa shape index (κ2) is 6.06. The molecule has 8 heteroatoms. The van der Waals surface area contributed by atoms with Gasteiger partial charge in [-0.25, -0.2) is 8.42 Å². The molecule has 0 amide bonds. The number of sulfonamides is 1. The topological polar surface area (TPSA) is 63.2 Å². The Hall–Kier alpha value is -0.920. The van der Waals surface area contributed by atoms with Crippen molar-refractivity contribution in [2.24, 2.45) is 0 Å². The van der Waals surface area contributed by atoms with E-state index >= 15 is 0 Å². The Kier molecular flexibility index (Phi) is 4.75. The number of rotatable bonds is 5. The minimum Gasteiger partial charge on any atom is -0.301 e. The van der Waals surface area contributed by atoms with Gasteiger partial charge in [-0.05, 0) is 18.6 Å². The molecule has 1 heterocycles. The first kappa shape index (κ1) is 16.5. The molecule has 0 aliphatic carbocycles. The predicted molar refractivity (Wildman–Crippen MR) is 84.5 cm³/mol. The van der Waals surface area contributed by atoms with Crippen LogP contribution in [0.2, 0.25) is 8.67 Å². The molecule has 0 saturated heterocycles. The van der Waals surface area contributed by atoms with Crippen molar-refractivity contribution in [2.75, 3.05) is 0 Å². The first-order valence-electron chi connectivity index (χ1n) is 5.79. The minimum atomic E-state index is -3.98. The second-order valence-electron chi connectivity index (χ2n) is 4.48. The Labute approximate surface area is 136 Å². The van der Waals surface area contributed by atoms with Crippen LogP contribution < -0.4 is 4.72 Å². The molecule has 0 aliphatic heterocycles. The van der Waals surface area contributed by atoms with Gasteiger partial charge in [0, 0.05) is 0 Å². The standard InChI is InChI=1S/C13H11Cl2NO3S2/c1-13(8-17,9-5-3-2-4-6-9)16-21(18,19)10-7-11(14)20-12(10)15/h2-8,16H,1H3/t13-/m1/s1. The van der Waals surface area contributed by atoms with Gasteiger partial charge >= 0.3 is 0 Å². The molecular formula is C13H11Cl2NO3S2. The number of halogens is 2. The fourth-order valence-corrected chi connectivity index (χ4v) is 5.26. The van der Waals surface area contributed by atoms with Crippen molar-refractivity contribution in [3.05, 3.63) is 50.6 Å². The van der Waals surface area contributed by atoms with Crippen LogP contribution in [0, 0.1) is 0 Å². The average molecular weight is 364 g/mol. The predicted octanol–water partition coefficient (Wildman–Crippen LogP) is 3.45. The Morgan fingerprint density at radius 2 is 1.86 bits per heavy atom. The lowest BCUT2D eigenvalue weighted by atomic mass is 9.95. The van der Waals surface area contributed by atoms with Crippen LogP contribution in [-0.2, 0) is 20.4 Å². The van der Waals surface area contributed by atoms with Gasteiger partial charge < -0.3 is 4.79 Å². The summed E-state index contributed by atoms with van der Waals surface area (Å²) in [6.45, 7) is 1.48. The van der Waals surface area contributed by atoms with Gasteiger partial charge in [-0.1, -0.05) is 53.5 Å². The highest BCUT2D eigenvalue weighted by molar-refractivity contribution is 7.89. The van der Waals surface area contributed by atoms with Crippen molar-refractivity contribution >= 4 is 50.8 Å². The van der Waals surface area contributed by atoms with Crippen LogP contribution in [0.15, 0.2) is 41.3 Å². The molecule has 0 saturated carbocycles. The zero-order valence-corrected chi connectivity index (χ0v) is 14.0. The van der Waals surface area contributed by atoms with Crippen LogP contribution in [0.4, 0.5) is 0 Å². The SMILES string of the molecule is C[C@](C=O)(NS(=O)(=O)c1cc(Cl)sc1Cl)c1ccccc1. The van der Waals surface area contributed by atoms with Gasteiger partial charge in [-0.2, -0.15) is 4.72 Å². The molecule has 2 aromatic rings. The molecule has 0 unspecified atom stereocenters. The molecule has 0 radical (unpaired) electrons. The Bertz CT molecular complexity index is 759. The van der Waals surface area contributed by atoms with E-state index in [2.05, 4.69) is 4.72 Å². The summed E-state index contributed by atoms with van der Waals surface area (Å²) in [5, 5.41) is 0. The summed E-state index contributed by atoms with van der Waals surface area (Å²) in [5.74, 6) is 0. The number of nitrogens with one attached hydrogen (secondary N) is 1. The van der Waals surface area contributed by atoms with Crippen LogP contribution in [0.1, 0.15) is 12.5 Å². The van der Waals surface area contributed by atoms with Crippen molar-refractivity contribution in [2.45, 2.75) is 17.4 Å². The van der Waals surface area contributed by atoms with E-state index in [1.54, 1.807) is 30.3 Å². The highest BCUT2D eigenvalue weighted by atomic mass is 35.5. The summed E-state index contributed by atoms with van der Waals surface area (Å²) < 4.78 is 27.5. The molecule has 1 atom stereocenters. The van der Waals surface area contributed by atoms with Crippen molar-refractivity contribution < 1.29 is 13.2 Å². The van der Waals surface area contributed by atoms with Crippen LogP contribution >= 0.6 is 34.5 Å². The molecule has 1 N–H and O–H groups in total. The molecule has 21 heavy (non-hydrogen) atoms. The molecule has 0 fully saturated rings. The number of hydrogen-bond acceptors (Lipinski definition) is 4. The molecule has 1 aromatic carbocycles. The summed E-state index contributed by atoms with van der Waals surface area (Å²) in [5.41, 5.74) is -0.862. The molecule has 2 rings (SSSR count). The maximum absolute atomic E-state index is 12.4. The van der Waals surface area contributed by atoms with Gasteiger partial charge in [0.1, 0.15) is 21.1 Å². The maximum atomic E-state index is 12.4. The van der Waals surface area contributed by atoms with E-state index in [4.69, 9.17) is 23.2 Å². The lowest BCUT2D eigenvalue weighted by Gasteiger charge is -2.24. The summed E-state index contributed by atoms with van der Waals surface area (Å²) in [7, 11) is -3.98. The van der Waals surface area contributed by atoms with Crippen molar-refractivity contribution in [3.63, 3.8) is 0 Å². The number of benzene rings is 1. The van der Waals surface area contributed by atoms with Gasteiger partial charge in [0.25, 0.3) is 0 Å². The smallest absolute Gasteiger partial charge is 0.244 e. The quantitative estimate of drug-likeness (QED) is 0.827.